The molecular formula is C28H25N5. The predicted molar refractivity (Wildman–Crippen MR) is 135 cm³/mol. The molecule has 5 nitrogen and oxygen atoms in total. The molecule has 0 fully saturated rings. The molecule has 5 rings (SSSR count). The zero-order valence-electron chi connectivity index (χ0n) is 18.5. The molecule has 0 saturated carbocycles. The summed E-state index contributed by atoms with van der Waals surface area (Å²) in [5.41, 5.74) is 8.42. The van der Waals surface area contributed by atoms with Gasteiger partial charge in [0.2, 0.25) is 0 Å². The second-order valence-electron chi connectivity index (χ2n) is 8.17. The molecule has 162 valence electrons. The highest BCUT2D eigenvalue weighted by atomic mass is 15.1. The molecular weight excluding hydrogens is 406 g/mol. The lowest BCUT2D eigenvalue weighted by Gasteiger charge is -2.05. The lowest BCUT2D eigenvalue weighted by molar-refractivity contribution is 0.948. The maximum atomic E-state index is 4.48. The number of nitrogens with zero attached hydrogens (tertiary/aromatic N) is 3. The van der Waals surface area contributed by atoms with Crippen LogP contribution in [0.5, 0.6) is 0 Å². The van der Waals surface area contributed by atoms with Crippen LogP contribution in [-0.4, -0.2) is 25.1 Å². The third-order valence-electron chi connectivity index (χ3n) is 5.84. The topological polar surface area (TPSA) is 70.2 Å². The monoisotopic (exact) mass is 431 g/mol. The molecule has 2 N–H and O–H groups in total. The van der Waals surface area contributed by atoms with E-state index in [1.807, 2.05) is 42.7 Å². The van der Waals surface area contributed by atoms with Gasteiger partial charge in [0.15, 0.2) is 0 Å². The van der Waals surface area contributed by atoms with Crippen molar-refractivity contribution in [2.45, 2.75) is 19.8 Å². The van der Waals surface area contributed by atoms with Crippen molar-refractivity contribution in [3.8, 4) is 11.4 Å². The van der Waals surface area contributed by atoms with E-state index in [4.69, 9.17) is 0 Å². The van der Waals surface area contributed by atoms with Crippen LogP contribution in [0.3, 0.4) is 0 Å². The van der Waals surface area contributed by atoms with Crippen LogP contribution in [0.4, 0.5) is 0 Å². The summed E-state index contributed by atoms with van der Waals surface area (Å²) in [7, 11) is 0. The second-order valence-corrected chi connectivity index (χ2v) is 8.17. The minimum atomic E-state index is 0.801. The van der Waals surface area contributed by atoms with Gasteiger partial charge < -0.3 is 4.98 Å². The van der Waals surface area contributed by atoms with Crippen LogP contribution in [-0.2, 0) is 12.8 Å². The van der Waals surface area contributed by atoms with Gasteiger partial charge in [-0.25, -0.2) is 0 Å². The zero-order chi connectivity index (χ0) is 22.6. The standard InChI is InChI=1S/C28H25N5/c1-19(23-15-22(17-29-18-23)12-11-21-7-4-3-5-8-21)10-13-24-20(2)28(33-32-24)27-16-26-25(31-27)9-6-14-30-26/h3-10,13-18,31-32H,2,11-12H2,1H3/b19-10+,24-13+. The first-order chi connectivity index (χ1) is 16.2. The Kier molecular flexibility index (Phi) is 5.68. The van der Waals surface area contributed by atoms with Gasteiger partial charge in [0.05, 0.1) is 22.1 Å². The molecule has 0 aliphatic heterocycles. The van der Waals surface area contributed by atoms with Gasteiger partial charge in [0.1, 0.15) is 5.69 Å². The fourth-order valence-corrected chi connectivity index (χ4v) is 3.90. The molecule has 1 aromatic carbocycles. The highest BCUT2D eigenvalue weighted by molar-refractivity contribution is 5.81. The second kappa shape index (κ2) is 9.09. The van der Waals surface area contributed by atoms with Crippen molar-refractivity contribution in [3.63, 3.8) is 0 Å². The normalized spacial score (nSPS) is 12.5. The average Bonchev–Trinajstić information content (AvgIpc) is 3.45. The van der Waals surface area contributed by atoms with E-state index in [0.29, 0.717) is 0 Å². The number of aromatic amines is 2. The Bertz CT molecular complexity index is 1510. The van der Waals surface area contributed by atoms with Crippen molar-refractivity contribution in [2.75, 3.05) is 0 Å². The smallest absolute Gasteiger partial charge is 0.116 e. The molecule has 4 heterocycles. The van der Waals surface area contributed by atoms with Crippen molar-refractivity contribution in [1.82, 2.24) is 25.1 Å². The van der Waals surface area contributed by atoms with Crippen molar-refractivity contribution in [2.24, 2.45) is 0 Å². The molecule has 0 amide bonds. The van der Waals surface area contributed by atoms with E-state index in [0.717, 1.165) is 57.0 Å². The van der Waals surface area contributed by atoms with Crippen molar-refractivity contribution in [1.29, 1.82) is 0 Å². The minimum Gasteiger partial charge on any atom is -0.352 e. The van der Waals surface area contributed by atoms with Gasteiger partial charge in [0, 0.05) is 23.8 Å². The summed E-state index contributed by atoms with van der Waals surface area (Å²) in [6, 6.07) is 18.7. The molecule has 0 unspecified atom stereocenters. The molecule has 5 heteroatoms. The first kappa shape index (κ1) is 20.6. The molecule has 0 atom stereocenters. The molecule has 0 spiro atoms. The van der Waals surface area contributed by atoms with Gasteiger partial charge in [-0.05, 0) is 72.4 Å². The third kappa shape index (κ3) is 4.53. The van der Waals surface area contributed by atoms with Crippen molar-refractivity contribution >= 4 is 29.3 Å². The average molecular weight is 432 g/mol. The van der Waals surface area contributed by atoms with Gasteiger partial charge in [0.25, 0.3) is 0 Å². The van der Waals surface area contributed by atoms with E-state index >= 15 is 0 Å². The van der Waals surface area contributed by atoms with E-state index in [1.54, 1.807) is 6.20 Å². The Balaban J connectivity index is 1.37. The summed E-state index contributed by atoms with van der Waals surface area (Å²) >= 11 is 0. The number of nitrogens with one attached hydrogen (secondary N) is 2. The quantitative estimate of drug-likeness (QED) is 0.418. The number of benzene rings is 1. The first-order valence-electron chi connectivity index (χ1n) is 11.0. The molecule has 0 radical (unpaired) electrons. The van der Waals surface area contributed by atoms with E-state index in [2.05, 4.69) is 75.1 Å². The fourth-order valence-electron chi connectivity index (χ4n) is 3.90. The molecule has 4 aromatic heterocycles. The van der Waals surface area contributed by atoms with Crippen LogP contribution < -0.4 is 10.6 Å². The maximum Gasteiger partial charge on any atom is 0.116 e. The number of H-pyrrole nitrogens is 2. The van der Waals surface area contributed by atoms with Crippen LogP contribution in [0.15, 0.2) is 79.3 Å². The predicted octanol–water partition coefficient (Wildman–Crippen LogP) is 4.43. The number of hydrogen-bond acceptors (Lipinski definition) is 3. The Morgan fingerprint density at radius 2 is 1.85 bits per heavy atom. The van der Waals surface area contributed by atoms with Crippen molar-refractivity contribution < 1.29 is 0 Å². The largest absolute Gasteiger partial charge is 0.352 e. The van der Waals surface area contributed by atoms with E-state index in [-0.39, 0.29) is 0 Å². The first-order valence-corrected chi connectivity index (χ1v) is 11.0. The Morgan fingerprint density at radius 3 is 2.70 bits per heavy atom. The third-order valence-corrected chi connectivity index (χ3v) is 5.84. The number of fused-ring (bicyclic) bond motifs is 1. The zero-order valence-corrected chi connectivity index (χ0v) is 18.5. The minimum absolute atomic E-state index is 0.801. The van der Waals surface area contributed by atoms with Gasteiger partial charge in [-0.3, -0.25) is 15.1 Å². The summed E-state index contributed by atoms with van der Waals surface area (Å²) in [5, 5.41) is 9.31. The molecule has 33 heavy (non-hydrogen) atoms. The number of rotatable bonds is 6. The maximum absolute atomic E-state index is 4.48. The molecule has 0 bridgehead atoms. The molecule has 0 aliphatic rings. The van der Waals surface area contributed by atoms with E-state index in [9.17, 15) is 0 Å². The van der Waals surface area contributed by atoms with Crippen LogP contribution in [0.2, 0.25) is 0 Å². The number of allylic oxidation sites excluding steroid dienone is 2. The lowest BCUT2D eigenvalue weighted by Crippen LogP contribution is -2.21. The lowest BCUT2D eigenvalue weighted by atomic mass is 10.0. The number of pyridine rings is 2. The van der Waals surface area contributed by atoms with Gasteiger partial charge in [-0.2, -0.15) is 5.10 Å². The van der Waals surface area contributed by atoms with Gasteiger partial charge >= 0.3 is 0 Å². The summed E-state index contributed by atoms with van der Waals surface area (Å²) in [6.07, 6.45) is 11.7. The molecule has 5 aromatic rings. The Hall–Kier alpha value is -4.25. The van der Waals surface area contributed by atoms with Crippen LogP contribution >= 0.6 is 0 Å². The summed E-state index contributed by atoms with van der Waals surface area (Å²) in [5.74, 6) is 0. The van der Waals surface area contributed by atoms with Crippen molar-refractivity contribution in [3.05, 3.63) is 107 Å². The number of aryl methyl sites for hydroxylation is 2. The molecule has 0 saturated heterocycles. The SMILES string of the molecule is C=c1c(-c2cc3ncccc3[nH]2)n[nH]/c1=C/C=C(\C)c1cncc(CCc2ccccc2)c1. The van der Waals surface area contributed by atoms with E-state index in [1.165, 1.54) is 11.1 Å². The van der Waals surface area contributed by atoms with Gasteiger partial charge in [-0.1, -0.05) is 43.0 Å². The van der Waals surface area contributed by atoms with Crippen LogP contribution in [0.25, 0.3) is 40.6 Å². The number of hydrogen-bond donors (Lipinski definition) is 2. The van der Waals surface area contributed by atoms with Crippen LogP contribution in [0.1, 0.15) is 23.6 Å². The highest BCUT2D eigenvalue weighted by Gasteiger charge is 2.08. The van der Waals surface area contributed by atoms with Crippen LogP contribution in [0, 0.1) is 0 Å². The van der Waals surface area contributed by atoms with E-state index < -0.39 is 0 Å². The highest BCUT2D eigenvalue weighted by Crippen LogP contribution is 2.18. The Morgan fingerprint density at radius 1 is 1.00 bits per heavy atom. The number of aromatic nitrogens is 5. The Labute approximate surface area is 192 Å². The fraction of sp³-hybridized carbons (Fsp3) is 0.107. The summed E-state index contributed by atoms with van der Waals surface area (Å²) in [6.45, 7) is 6.33. The van der Waals surface area contributed by atoms with Gasteiger partial charge in [-0.15, -0.1) is 0 Å². The summed E-state index contributed by atoms with van der Waals surface area (Å²) < 4.78 is 0. The summed E-state index contributed by atoms with van der Waals surface area (Å²) in [4.78, 5) is 12.2. The molecule has 0 aliphatic carbocycles.